The predicted octanol–water partition coefficient (Wildman–Crippen LogP) is 2.32. The fraction of sp³-hybridized carbons (Fsp3) is 0.533. The smallest absolute Gasteiger partial charge is 0.227 e. The number of amides is 1. The molecule has 1 saturated carbocycles. The summed E-state index contributed by atoms with van der Waals surface area (Å²) in [7, 11) is 1.64. The normalized spacial score (nSPS) is 22.3. The van der Waals surface area contributed by atoms with E-state index >= 15 is 0 Å². The van der Waals surface area contributed by atoms with Crippen molar-refractivity contribution in [1.29, 1.82) is 0 Å². The lowest BCUT2D eigenvalue weighted by molar-refractivity contribution is -0.120. The maximum atomic E-state index is 12.3. The lowest BCUT2D eigenvalue weighted by atomic mass is 9.95. The van der Waals surface area contributed by atoms with Gasteiger partial charge in [0, 0.05) is 11.6 Å². The summed E-state index contributed by atoms with van der Waals surface area (Å²) in [5, 5.41) is 3.02. The van der Waals surface area contributed by atoms with Crippen LogP contribution < -0.4 is 15.8 Å². The Kier molecular flexibility index (Phi) is 4.43. The Bertz CT molecular complexity index is 459. The molecular formula is C15H22N2O2. The second kappa shape index (κ2) is 6.06. The molecule has 1 fully saturated rings. The van der Waals surface area contributed by atoms with Gasteiger partial charge in [-0.15, -0.1) is 0 Å². The summed E-state index contributed by atoms with van der Waals surface area (Å²) in [4.78, 5) is 12.3. The van der Waals surface area contributed by atoms with Gasteiger partial charge in [-0.3, -0.25) is 4.79 Å². The molecule has 3 N–H and O–H groups in total. The van der Waals surface area contributed by atoms with Crippen LogP contribution in [-0.2, 0) is 4.79 Å². The van der Waals surface area contributed by atoms with E-state index in [9.17, 15) is 4.79 Å². The van der Waals surface area contributed by atoms with E-state index in [1.165, 1.54) is 0 Å². The van der Waals surface area contributed by atoms with Crippen LogP contribution in [0.15, 0.2) is 18.2 Å². The van der Waals surface area contributed by atoms with Gasteiger partial charge in [0.25, 0.3) is 0 Å². The summed E-state index contributed by atoms with van der Waals surface area (Å²) in [5.74, 6) is 1.29. The van der Waals surface area contributed by atoms with Crippen molar-refractivity contribution in [2.45, 2.75) is 26.2 Å². The van der Waals surface area contributed by atoms with Crippen LogP contribution >= 0.6 is 0 Å². The van der Waals surface area contributed by atoms with Gasteiger partial charge in [-0.1, -0.05) is 6.42 Å². The first-order chi connectivity index (χ1) is 9.15. The van der Waals surface area contributed by atoms with E-state index < -0.39 is 0 Å². The van der Waals surface area contributed by atoms with Gasteiger partial charge in [0.1, 0.15) is 5.75 Å². The molecule has 2 rings (SSSR count). The molecule has 0 spiro atoms. The summed E-state index contributed by atoms with van der Waals surface area (Å²) in [6, 6.07) is 5.67. The monoisotopic (exact) mass is 262 g/mol. The molecule has 0 aromatic heterocycles. The topological polar surface area (TPSA) is 64.3 Å². The Balaban J connectivity index is 2.06. The highest BCUT2D eigenvalue weighted by Gasteiger charge is 2.31. The van der Waals surface area contributed by atoms with E-state index in [1.807, 2.05) is 25.1 Å². The minimum Gasteiger partial charge on any atom is -0.497 e. The minimum atomic E-state index is 0.0616. The molecule has 1 aromatic carbocycles. The van der Waals surface area contributed by atoms with Crippen molar-refractivity contribution in [2.75, 3.05) is 19.0 Å². The van der Waals surface area contributed by atoms with Crippen LogP contribution in [0.25, 0.3) is 0 Å². The molecular weight excluding hydrogens is 240 g/mol. The van der Waals surface area contributed by atoms with Crippen molar-refractivity contribution in [3.8, 4) is 5.75 Å². The Labute approximate surface area is 114 Å². The average Bonchev–Trinajstić information content (AvgIpc) is 2.89. The molecule has 0 aliphatic heterocycles. The summed E-state index contributed by atoms with van der Waals surface area (Å²) in [5.41, 5.74) is 7.59. The first kappa shape index (κ1) is 13.9. The zero-order valence-corrected chi connectivity index (χ0v) is 11.6. The first-order valence-electron chi connectivity index (χ1n) is 6.81. The molecule has 1 aliphatic carbocycles. The van der Waals surface area contributed by atoms with Gasteiger partial charge in [-0.25, -0.2) is 0 Å². The number of carbonyl (C=O) groups excluding carboxylic acids is 1. The van der Waals surface area contributed by atoms with Gasteiger partial charge in [0.15, 0.2) is 0 Å². The van der Waals surface area contributed by atoms with Crippen LogP contribution in [-0.4, -0.2) is 19.6 Å². The van der Waals surface area contributed by atoms with Crippen molar-refractivity contribution in [3.05, 3.63) is 23.8 Å². The lowest BCUT2D eigenvalue weighted by Crippen LogP contribution is -2.29. The highest BCUT2D eigenvalue weighted by molar-refractivity contribution is 5.93. The zero-order valence-electron chi connectivity index (χ0n) is 11.6. The van der Waals surface area contributed by atoms with Crippen molar-refractivity contribution in [2.24, 2.45) is 17.6 Å². The summed E-state index contributed by atoms with van der Waals surface area (Å²) < 4.78 is 5.16. The Morgan fingerprint density at radius 1 is 1.47 bits per heavy atom. The van der Waals surface area contributed by atoms with E-state index in [4.69, 9.17) is 10.5 Å². The van der Waals surface area contributed by atoms with E-state index in [2.05, 4.69) is 5.32 Å². The van der Waals surface area contributed by atoms with Crippen LogP contribution in [0.3, 0.4) is 0 Å². The van der Waals surface area contributed by atoms with Gasteiger partial charge in [-0.2, -0.15) is 0 Å². The fourth-order valence-electron chi connectivity index (χ4n) is 2.79. The van der Waals surface area contributed by atoms with E-state index in [0.717, 1.165) is 36.3 Å². The van der Waals surface area contributed by atoms with Gasteiger partial charge in [0.2, 0.25) is 5.91 Å². The largest absolute Gasteiger partial charge is 0.497 e. The van der Waals surface area contributed by atoms with Gasteiger partial charge < -0.3 is 15.8 Å². The Hall–Kier alpha value is -1.55. The molecule has 2 unspecified atom stereocenters. The molecule has 19 heavy (non-hydrogen) atoms. The Morgan fingerprint density at radius 3 is 2.89 bits per heavy atom. The zero-order chi connectivity index (χ0) is 13.8. The standard InChI is InChI=1S/C15H22N2O2/c1-10-8-12(19-2)6-7-14(10)17-15(18)13-5-3-4-11(13)9-16/h6-8,11,13H,3-5,9,16H2,1-2H3,(H,17,18). The number of nitrogens with two attached hydrogens (primary N) is 1. The molecule has 1 amide bonds. The molecule has 2 atom stereocenters. The molecule has 0 heterocycles. The van der Waals surface area contributed by atoms with E-state index in [-0.39, 0.29) is 11.8 Å². The van der Waals surface area contributed by atoms with Gasteiger partial charge in [-0.05, 0) is 56.0 Å². The number of benzene rings is 1. The molecule has 4 nitrogen and oxygen atoms in total. The van der Waals surface area contributed by atoms with Gasteiger partial charge in [0.05, 0.1) is 7.11 Å². The highest BCUT2D eigenvalue weighted by atomic mass is 16.5. The third-order valence-electron chi connectivity index (χ3n) is 3.99. The van der Waals surface area contributed by atoms with Crippen LogP contribution in [0.5, 0.6) is 5.75 Å². The molecule has 4 heteroatoms. The third-order valence-corrected chi connectivity index (χ3v) is 3.99. The van der Waals surface area contributed by atoms with Crippen molar-refractivity contribution in [3.63, 3.8) is 0 Å². The second-order valence-electron chi connectivity index (χ2n) is 5.20. The molecule has 0 radical (unpaired) electrons. The number of methoxy groups -OCH3 is 1. The second-order valence-corrected chi connectivity index (χ2v) is 5.20. The molecule has 104 valence electrons. The number of ether oxygens (including phenoxy) is 1. The van der Waals surface area contributed by atoms with E-state index in [1.54, 1.807) is 7.11 Å². The number of hydrogen-bond acceptors (Lipinski definition) is 3. The van der Waals surface area contributed by atoms with Crippen LogP contribution in [0.1, 0.15) is 24.8 Å². The quantitative estimate of drug-likeness (QED) is 0.875. The SMILES string of the molecule is COc1ccc(NC(=O)C2CCCC2CN)c(C)c1. The highest BCUT2D eigenvalue weighted by Crippen LogP contribution is 2.32. The number of hydrogen-bond donors (Lipinski definition) is 2. The molecule has 0 bridgehead atoms. The maximum Gasteiger partial charge on any atom is 0.227 e. The minimum absolute atomic E-state index is 0.0616. The summed E-state index contributed by atoms with van der Waals surface area (Å²) in [6.45, 7) is 2.56. The lowest BCUT2D eigenvalue weighted by Gasteiger charge is -2.18. The number of rotatable bonds is 4. The summed E-state index contributed by atoms with van der Waals surface area (Å²) in [6.07, 6.45) is 3.11. The average molecular weight is 262 g/mol. The van der Waals surface area contributed by atoms with Crippen molar-refractivity contribution in [1.82, 2.24) is 0 Å². The number of anilines is 1. The number of carbonyl (C=O) groups is 1. The fourth-order valence-corrected chi connectivity index (χ4v) is 2.79. The molecule has 1 aromatic rings. The van der Waals surface area contributed by atoms with E-state index in [0.29, 0.717) is 12.5 Å². The first-order valence-corrected chi connectivity index (χ1v) is 6.81. The molecule has 0 saturated heterocycles. The van der Waals surface area contributed by atoms with Crippen molar-refractivity contribution < 1.29 is 9.53 Å². The van der Waals surface area contributed by atoms with Gasteiger partial charge >= 0.3 is 0 Å². The van der Waals surface area contributed by atoms with Crippen molar-refractivity contribution >= 4 is 11.6 Å². The molecule has 1 aliphatic rings. The maximum absolute atomic E-state index is 12.3. The van der Waals surface area contributed by atoms with Crippen LogP contribution in [0.4, 0.5) is 5.69 Å². The Morgan fingerprint density at radius 2 is 2.26 bits per heavy atom. The van der Waals surface area contributed by atoms with Crippen LogP contribution in [0, 0.1) is 18.8 Å². The third kappa shape index (κ3) is 3.07. The van der Waals surface area contributed by atoms with Crippen LogP contribution in [0.2, 0.25) is 0 Å². The number of nitrogens with one attached hydrogen (secondary N) is 1. The predicted molar refractivity (Wildman–Crippen MR) is 76.2 cm³/mol. The number of aryl methyl sites for hydroxylation is 1. The summed E-state index contributed by atoms with van der Waals surface area (Å²) >= 11 is 0.